The summed E-state index contributed by atoms with van der Waals surface area (Å²) in [5.74, 6) is 1.76. The van der Waals surface area contributed by atoms with Gasteiger partial charge in [0.2, 0.25) is 5.91 Å². The highest BCUT2D eigenvalue weighted by Crippen LogP contribution is 2.27. The van der Waals surface area contributed by atoms with E-state index < -0.39 is 0 Å². The molecule has 2 aliphatic rings. The van der Waals surface area contributed by atoms with Gasteiger partial charge in [-0.15, -0.1) is 0 Å². The van der Waals surface area contributed by atoms with E-state index >= 15 is 0 Å². The number of benzene rings is 1. The maximum atomic E-state index is 12.8. The molecule has 0 unspecified atom stereocenters. The van der Waals surface area contributed by atoms with Crippen molar-refractivity contribution >= 4 is 11.6 Å². The number of ether oxygens (including phenoxy) is 1. The Morgan fingerprint density at radius 1 is 1.20 bits per heavy atom. The van der Waals surface area contributed by atoms with Gasteiger partial charge in [-0.1, -0.05) is 18.2 Å². The van der Waals surface area contributed by atoms with Crippen LogP contribution in [0.2, 0.25) is 0 Å². The van der Waals surface area contributed by atoms with Crippen LogP contribution in [0.5, 0.6) is 0 Å². The van der Waals surface area contributed by atoms with E-state index in [1.165, 1.54) is 0 Å². The van der Waals surface area contributed by atoms with E-state index in [-0.39, 0.29) is 18.0 Å². The zero-order valence-corrected chi connectivity index (χ0v) is 14.4. The molecule has 0 bridgehead atoms. The number of nitrogens with zero attached hydrogens (tertiary/aromatic N) is 4. The number of carbonyl (C=O) groups excluding carboxylic acids is 1. The summed E-state index contributed by atoms with van der Waals surface area (Å²) in [6.45, 7) is 2.03. The first kappa shape index (κ1) is 16.2. The lowest BCUT2D eigenvalue weighted by Gasteiger charge is -2.26. The van der Waals surface area contributed by atoms with Gasteiger partial charge in [-0.2, -0.15) is 5.10 Å². The number of fused-ring (bicyclic) bond motifs is 1. The molecule has 1 fully saturated rings. The summed E-state index contributed by atoms with van der Waals surface area (Å²) >= 11 is 0. The predicted molar refractivity (Wildman–Crippen MR) is 93.0 cm³/mol. The van der Waals surface area contributed by atoms with Crippen molar-refractivity contribution in [1.29, 1.82) is 0 Å². The van der Waals surface area contributed by atoms with E-state index in [9.17, 15) is 4.79 Å². The quantitative estimate of drug-likeness (QED) is 0.895. The minimum atomic E-state index is -0.167. The van der Waals surface area contributed by atoms with Crippen molar-refractivity contribution in [2.24, 2.45) is 0 Å². The number of methoxy groups -OCH3 is 1. The summed E-state index contributed by atoms with van der Waals surface area (Å²) < 4.78 is 7.08. The first-order valence-electron chi connectivity index (χ1n) is 8.81. The fourth-order valence-electron chi connectivity index (χ4n) is 3.69. The van der Waals surface area contributed by atoms with Crippen LogP contribution < -0.4 is 10.2 Å². The molecule has 25 heavy (non-hydrogen) atoms. The van der Waals surface area contributed by atoms with Crippen molar-refractivity contribution in [1.82, 2.24) is 20.1 Å². The normalized spacial score (nSPS) is 23.1. The van der Waals surface area contributed by atoms with E-state index in [1.807, 2.05) is 39.9 Å². The molecule has 0 spiro atoms. The Morgan fingerprint density at radius 2 is 2.04 bits per heavy atom. The van der Waals surface area contributed by atoms with Gasteiger partial charge in [0, 0.05) is 25.9 Å². The van der Waals surface area contributed by atoms with E-state index in [0.717, 1.165) is 43.9 Å². The Balaban J connectivity index is 1.48. The third-order valence-corrected chi connectivity index (χ3v) is 4.87. The summed E-state index contributed by atoms with van der Waals surface area (Å²) in [6.07, 6.45) is 2.81. The number of aryl methyl sites for hydroxylation is 1. The van der Waals surface area contributed by atoms with Crippen molar-refractivity contribution in [3.8, 4) is 0 Å². The number of amides is 1. The third-order valence-electron chi connectivity index (χ3n) is 4.87. The number of para-hydroxylation sites is 1. The third kappa shape index (κ3) is 3.17. The molecule has 7 nitrogen and oxygen atoms in total. The lowest BCUT2D eigenvalue weighted by Crippen LogP contribution is -2.42. The lowest BCUT2D eigenvalue weighted by atomic mass is 10.1. The van der Waals surface area contributed by atoms with Gasteiger partial charge in [-0.3, -0.25) is 10.1 Å². The fourth-order valence-corrected chi connectivity index (χ4v) is 3.69. The molecule has 132 valence electrons. The fraction of sp³-hybridized carbons (Fsp3) is 0.500. The predicted octanol–water partition coefficient (Wildman–Crippen LogP) is 1.65. The van der Waals surface area contributed by atoms with Crippen molar-refractivity contribution in [2.75, 3.05) is 18.6 Å². The SMILES string of the molecule is COCc1nc2n(n1)CCC[C@@H]2N[C@H]1CCN(c2ccccc2)C1=O. The highest BCUT2D eigenvalue weighted by Gasteiger charge is 2.35. The Hall–Kier alpha value is -2.25. The van der Waals surface area contributed by atoms with Crippen LogP contribution in [0, 0.1) is 0 Å². The monoisotopic (exact) mass is 341 g/mol. The molecule has 3 heterocycles. The van der Waals surface area contributed by atoms with Crippen LogP contribution in [-0.2, 0) is 22.7 Å². The Kier molecular flexibility index (Phi) is 4.50. The minimum absolute atomic E-state index is 0.0662. The molecular formula is C18H23N5O2. The van der Waals surface area contributed by atoms with Gasteiger partial charge in [0.25, 0.3) is 0 Å². The number of anilines is 1. The highest BCUT2D eigenvalue weighted by atomic mass is 16.5. The van der Waals surface area contributed by atoms with Crippen LogP contribution in [0.15, 0.2) is 30.3 Å². The number of rotatable bonds is 5. The molecule has 2 atom stereocenters. The summed E-state index contributed by atoms with van der Waals surface area (Å²) in [5.41, 5.74) is 0.964. The van der Waals surface area contributed by atoms with Crippen LogP contribution in [0.25, 0.3) is 0 Å². The topological polar surface area (TPSA) is 72.3 Å². The lowest BCUT2D eigenvalue weighted by molar-refractivity contribution is -0.119. The van der Waals surface area contributed by atoms with Crippen LogP contribution in [0.1, 0.15) is 37.0 Å². The smallest absolute Gasteiger partial charge is 0.244 e. The Bertz CT molecular complexity index is 745. The Morgan fingerprint density at radius 3 is 2.84 bits per heavy atom. The molecule has 1 N–H and O–H groups in total. The van der Waals surface area contributed by atoms with Crippen LogP contribution in [-0.4, -0.2) is 40.4 Å². The second kappa shape index (κ2) is 6.93. The standard InChI is InChI=1S/C18H23N5O2/c1-25-12-16-20-17-14(8-5-10-23(17)21-16)19-15-9-11-22(18(15)24)13-6-3-2-4-7-13/h2-4,6-7,14-15,19H,5,8-12H2,1H3/t14-,15-/m0/s1. The summed E-state index contributed by atoms with van der Waals surface area (Å²) in [6, 6.07) is 9.75. The molecule has 7 heteroatoms. The Labute approximate surface area is 147 Å². The molecule has 4 rings (SSSR count). The first-order chi connectivity index (χ1) is 12.3. The number of nitrogens with one attached hydrogen (secondary N) is 1. The second-order valence-electron chi connectivity index (χ2n) is 6.57. The maximum Gasteiger partial charge on any atom is 0.244 e. The molecule has 1 aromatic heterocycles. The van der Waals surface area contributed by atoms with Crippen LogP contribution in [0.4, 0.5) is 5.69 Å². The van der Waals surface area contributed by atoms with Gasteiger partial charge < -0.3 is 9.64 Å². The van der Waals surface area contributed by atoms with E-state index in [2.05, 4.69) is 15.4 Å². The average molecular weight is 341 g/mol. The molecule has 1 aromatic carbocycles. The second-order valence-corrected chi connectivity index (χ2v) is 6.57. The summed E-state index contributed by atoms with van der Waals surface area (Å²) in [7, 11) is 1.64. The molecule has 1 saturated heterocycles. The molecule has 0 radical (unpaired) electrons. The summed E-state index contributed by atoms with van der Waals surface area (Å²) in [4.78, 5) is 19.3. The molecule has 1 amide bonds. The molecule has 2 aliphatic heterocycles. The number of hydrogen-bond acceptors (Lipinski definition) is 5. The summed E-state index contributed by atoms with van der Waals surface area (Å²) in [5, 5.41) is 8.02. The zero-order valence-electron chi connectivity index (χ0n) is 14.4. The molecule has 0 aliphatic carbocycles. The van der Waals surface area contributed by atoms with Gasteiger partial charge in [0.05, 0.1) is 12.1 Å². The zero-order chi connectivity index (χ0) is 17.2. The van der Waals surface area contributed by atoms with Gasteiger partial charge in [0.15, 0.2) is 5.82 Å². The maximum absolute atomic E-state index is 12.8. The van der Waals surface area contributed by atoms with E-state index in [4.69, 9.17) is 4.74 Å². The van der Waals surface area contributed by atoms with Crippen LogP contribution >= 0.6 is 0 Å². The van der Waals surface area contributed by atoms with Crippen LogP contribution in [0.3, 0.4) is 0 Å². The minimum Gasteiger partial charge on any atom is -0.377 e. The first-order valence-corrected chi connectivity index (χ1v) is 8.81. The largest absolute Gasteiger partial charge is 0.377 e. The average Bonchev–Trinajstić information content (AvgIpc) is 3.20. The number of hydrogen-bond donors (Lipinski definition) is 1. The van der Waals surface area contributed by atoms with Crippen molar-refractivity contribution in [3.63, 3.8) is 0 Å². The number of carbonyl (C=O) groups is 1. The van der Waals surface area contributed by atoms with Gasteiger partial charge >= 0.3 is 0 Å². The van der Waals surface area contributed by atoms with Crippen molar-refractivity contribution in [2.45, 2.75) is 44.5 Å². The number of aromatic nitrogens is 3. The van der Waals surface area contributed by atoms with E-state index in [1.54, 1.807) is 7.11 Å². The van der Waals surface area contributed by atoms with Gasteiger partial charge in [-0.25, -0.2) is 9.67 Å². The highest BCUT2D eigenvalue weighted by molar-refractivity contribution is 5.99. The van der Waals surface area contributed by atoms with E-state index in [0.29, 0.717) is 12.4 Å². The van der Waals surface area contributed by atoms with Crippen molar-refractivity contribution in [3.05, 3.63) is 42.0 Å². The van der Waals surface area contributed by atoms with Crippen molar-refractivity contribution < 1.29 is 9.53 Å². The molecule has 0 saturated carbocycles. The molecular weight excluding hydrogens is 318 g/mol. The van der Waals surface area contributed by atoms with Gasteiger partial charge in [0.1, 0.15) is 12.4 Å². The molecule has 2 aromatic rings. The van der Waals surface area contributed by atoms with Gasteiger partial charge in [-0.05, 0) is 31.4 Å².